The molecule has 0 saturated carbocycles. The summed E-state index contributed by atoms with van der Waals surface area (Å²) in [6, 6.07) is 43.8. The van der Waals surface area contributed by atoms with E-state index in [9.17, 15) is 0 Å². The van der Waals surface area contributed by atoms with Gasteiger partial charge >= 0.3 is 17.1 Å². The summed E-state index contributed by atoms with van der Waals surface area (Å²) in [6.07, 6.45) is 0. The van der Waals surface area contributed by atoms with Crippen molar-refractivity contribution in [3.05, 3.63) is 121 Å². The quantitative estimate of drug-likeness (QED) is 0.357. The van der Waals surface area contributed by atoms with Crippen molar-refractivity contribution in [3.8, 4) is 0 Å². The Bertz CT molecular complexity index is 759. The third-order valence-corrected chi connectivity index (χ3v) is 8.86. The molecular formula is C24H20FeP+3. The summed E-state index contributed by atoms with van der Waals surface area (Å²) >= 11 is 0. The Hall–Kier alpha value is -2.17. The minimum absolute atomic E-state index is 0. The Balaban J connectivity index is 0.00000196. The Labute approximate surface area is 166 Å². The van der Waals surface area contributed by atoms with Crippen LogP contribution < -0.4 is 21.2 Å². The van der Waals surface area contributed by atoms with Gasteiger partial charge in [0.05, 0.1) is 0 Å². The molecule has 0 aliphatic rings. The summed E-state index contributed by atoms with van der Waals surface area (Å²) in [4.78, 5) is 0. The van der Waals surface area contributed by atoms with E-state index >= 15 is 0 Å². The molecule has 4 aromatic rings. The number of hydrogen-bond acceptors (Lipinski definition) is 0. The van der Waals surface area contributed by atoms with Gasteiger partial charge in [-0.2, -0.15) is 0 Å². The zero-order valence-electron chi connectivity index (χ0n) is 14.3. The Morgan fingerprint density at radius 3 is 0.692 bits per heavy atom. The van der Waals surface area contributed by atoms with Gasteiger partial charge in [-0.25, -0.2) is 0 Å². The number of benzene rings is 4. The average molecular weight is 395 g/mol. The maximum absolute atomic E-state index is 2.28. The standard InChI is InChI=1S/C24H20P.Fe/c1-5-13-21(14-6-1)25(22-15-7-2-8-16-22,23-17-9-3-10-18-23)24-19-11-4-12-20-24;/h1-20H;/q+1;+2. The van der Waals surface area contributed by atoms with Crippen molar-refractivity contribution >= 4 is 28.5 Å². The van der Waals surface area contributed by atoms with Crippen LogP contribution in [0.4, 0.5) is 0 Å². The fourth-order valence-electron chi connectivity index (χ4n) is 3.50. The van der Waals surface area contributed by atoms with Crippen LogP contribution in [0.1, 0.15) is 0 Å². The summed E-state index contributed by atoms with van der Waals surface area (Å²) in [5.74, 6) is 0. The average Bonchev–Trinajstić information content (AvgIpc) is 2.72. The van der Waals surface area contributed by atoms with E-state index in [1.807, 2.05) is 0 Å². The van der Waals surface area contributed by atoms with Crippen LogP contribution in [-0.2, 0) is 17.1 Å². The van der Waals surface area contributed by atoms with Crippen LogP contribution in [0.3, 0.4) is 0 Å². The molecular weight excluding hydrogens is 375 g/mol. The zero-order chi connectivity index (χ0) is 17.0. The Kier molecular flexibility index (Phi) is 6.07. The summed E-state index contributed by atoms with van der Waals surface area (Å²) in [5.41, 5.74) is 0. The van der Waals surface area contributed by atoms with E-state index in [0.29, 0.717) is 0 Å². The van der Waals surface area contributed by atoms with Crippen LogP contribution >= 0.6 is 7.26 Å². The molecule has 2 heteroatoms. The Morgan fingerprint density at radius 1 is 0.308 bits per heavy atom. The van der Waals surface area contributed by atoms with Gasteiger partial charge in [-0.15, -0.1) is 0 Å². The third kappa shape index (κ3) is 3.27. The predicted molar refractivity (Wildman–Crippen MR) is 111 cm³/mol. The van der Waals surface area contributed by atoms with Crippen molar-refractivity contribution in [1.29, 1.82) is 0 Å². The largest absolute Gasteiger partial charge is 2.00 e. The summed E-state index contributed by atoms with van der Waals surface area (Å²) in [7, 11) is -1.91. The smallest absolute Gasteiger partial charge is 0.0620 e. The second kappa shape index (κ2) is 8.47. The van der Waals surface area contributed by atoms with E-state index < -0.39 is 7.26 Å². The summed E-state index contributed by atoms with van der Waals surface area (Å²) < 4.78 is 0. The molecule has 4 rings (SSSR count). The molecule has 0 nitrogen and oxygen atoms in total. The van der Waals surface area contributed by atoms with Crippen molar-refractivity contribution in [2.75, 3.05) is 0 Å². The molecule has 0 aliphatic heterocycles. The van der Waals surface area contributed by atoms with Gasteiger partial charge in [0.2, 0.25) is 0 Å². The molecule has 0 unspecified atom stereocenters. The molecule has 0 saturated heterocycles. The molecule has 0 aromatic heterocycles. The maximum Gasteiger partial charge on any atom is 2.00 e. The van der Waals surface area contributed by atoms with Gasteiger partial charge in [0, 0.05) is 0 Å². The molecule has 0 spiro atoms. The minimum atomic E-state index is -1.91. The van der Waals surface area contributed by atoms with Crippen molar-refractivity contribution < 1.29 is 17.1 Å². The normalized spacial score (nSPS) is 10.8. The summed E-state index contributed by atoms with van der Waals surface area (Å²) in [6.45, 7) is 0. The SMILES string of the molecule is [Fe+2].c1ccc([P+](c2ccccc2)(c2ccccc2)c2ccccc2)cc1. The van der Waals surface area contributed by atoms with Gasteiger partial charge in [0.15, 0.2) is 0 Å². The van der Waals surface area contributed by atoms with E-state index in [1.165, 1.54) is 21.2 Å². The molecule has 0 atom stereocenters. The molecule has 126 valence electrons. The van der Waals surface area contributed by atoms with E-state index in [1.54, 1.807) is 0 Å². The summed E-state index contributed by atoms with van der Waals surface area (Å²) in [5, 5.41) is 5.55. The van der Waals surface area contributed by atoms with Gasteiger partial charge in [-0.3, -0.25) is 0 Å². The van der Waals surface area contributed by atoms with Crippen molar-refractivity contribution in [1.82, 2.24) is 0 Å². The molecule has 0 aliphatic carbocycles. The monoisotopic (exact) mass is 395 g/mol. The first-order chi connectivity index (χ1) is 12.4. The van der Waals surface area contributed by atoms with E-state index in [-0.39, 0.29) is 17.1 Å². The van der Waals surface area contributed by atoms with Gasteiger partial charge in [0.25, 0.3) is 0 Å². The van der Waals surface area contributed by atoms with Crippen LogP contribution in [0.2, 0.25) is 0 Å². The number of rotatable bonds is 4. The van der Waals surface area contributed by atoms with Crippen LogP contribution in [0.15, 0.2) is 121 Å². The maximum atomic E-state index is 2.28. The van der Waals surface area contributed by atoms with Gasteiger partial charge in [0.1, 0.15) is 28.5 Å². The fourth-order valence-corrected chi connectivity index (χ4v) is 7.77. The minimum Gasteiger partial charge on any atom is -0.0620 e. The molecule has 0 N–H and O–H groups in total. The molecule has 0 fully saturated rings. The van der Waals surface area contributed by atoms with E-state index in [2.05, 4.69) is 121 Å². The first kappa shape index (κ1) is 18.6. The van der Waals surface area contributed by atoms with Crippen molar-refractivity contribution in [2.45, 2.75) is 0 Å². The van der Waals surface area contributed by atoms with Crippen molar-refractivity contribution in [2.24, 2.45) is 0 Å². The topological polar surface area (TPSA) is 0 Å². The van der Waals surface area contributed by atoms with Crippen LogP contribution in [0, 0.1) is 0 Å². The molecule has 0 bridgehead atoms. The van der Waals surface area contributed by atoms with Gasteiger partial charge < -0.3 is 0 Å². The number of hydrogen-bond donors (Lipinski definition) is 0. The molecule has 4 aromatic carbocycles. The van der Waals surface area contributed by atoms with E-state index in [4.69, 9.17) is 0 Å². The van der Waals surface area contributed by atoms with Gasteiger partial charge in [-0.1, -0.05) is 72.8 Å². The Morgan fingerprint density at radius 2 is 0.500 bits per heavy atom. The van der Waals surface area contributed by atoms with E-state index in [0.717, 1.165) is 0 Å². The molecule has 0 amide bonds. The second-order valence-corrected chi connectivity index (χ2v) is 9.42. The van der Waals surface area contributed by atoms with Crippen molar-refractivity contribution in [3.63, 3.8) is 0 Å². The predicted octanol–water partition coefficient (Wildman–Crippen LogP) is 4.30. The third-order valence-electron chi connectivity index (χ3n) is 4.57. The van der Waals surface area contributed by atoms with Crippen LogP contribution in [-0.4, -0.2) is 0 Å². The van der Waals surface area contributed by atoms with Crippen LogP contribution in [0.25, 0.3) is 0 Å². The molecule has 0 heterocycles. The first-order valence-electron chi connectivity index (χ1n) is 8.54. The second-order valence-electron chi connectivity index (χ2n) is 6.01. The molecule has 0 radical (unpaired) electrons. The first-order valence-corrected chi connectivity index (χ1v) is 10.3. The van der Waals surface area contributed by atoms with Gasteiger partial charge in [-0.05, 0) is 48.5 Å². The van der Waals surface area contributed by atoms with Crippen LogP contribution in [0.5, 0.6) is 0 Å². The fraction of sp³-hybridized carbons (Fsp3) is 0. The molecule has 26 heavy (non-hydrogen) atoms. The zero-order valence-corrected chi connectivity index (χ0v) is 16.3.